The van der Waals surface area contributed by atoms with E-state index >= 15 is 0 Å². The Balaban J connectivity index is 1.06. The predicted octanol–water partition coefficient (Wildman–Crippen LogP) is 15.3. The summed E-state index contributed by atoms with van der Waals surface area (Å²) in [6.07, 6.45) is 0. The first-order chi connectivity index (χ1) is 31.6. The van der Waals surface area contributed by atoms with E-state index in [9.17, 15) is 0 Å². The van der Waals surface area contributed by atoms with Gasteiger partial charge in [-0.1, -0.05) is 159 Å². The molecule has 2 heteroatoms. The van der Waals surface area contributed by atoms with Gasteiger partial charge in [0.25, 0.3) is 0 Å². The van der Waals surface area contributed by atoms with E-state index in [1.165, 1.54) is 50.1 Å². The molecule has 9 aromatic carbocycles. The zero-order valence-electron chi connectivity index (χ0n) is 38.3. The molecule has 1 unspecified atom stereocenters. The molecule has 1 atom stereocenters. The van der Waals surface area contributed by atoms with Gasteiger partial charge in [-0.2, -0.15) is 0 Å². The maximum atomic E-state index is 9.05. The largest absolute Gasteiger partial charge is 0.310 e. The molecule has 60 heavy (non-hydrogen) atoms. The van der Waals surface area contributed by atoms with Crippen LogP contribution in [0.15, 0.2) is 218 Å². The molecule has 1 spiro atoms. The molecule has 0 fully saturated rings. The lowest BCUT2D eigenvalue weighted by atomic mass is 9.70. The van der Waals surface area contributed by atoms with E-state index in [1.54, 1.807) is 4.90 Å². The molecule has 0 radical (unpaired) electrons. The van der Waals surface area contributed by atoms with Gasteiger partial charge >= 0.3 is 0 Å². The lowest BCUT2D eigenvalue weighted by Gasteiger charge is -2.32. The Labute approximate surface area is 359 Å². The fraction of sp³-hybridized carbons (Fsp3) is 0.0690. The van der Waals surface area contributed by atoms with Crippen LogP contribution < -0.4 is 9.80 Å². The van der Waals surface area contributed by atoms with Gasteiger partial charge in [-0.3, -0.25) is 0 Å². The summed E-state index contributed by atoms with van der Waals surface area (Å²) in [5.74, 6) is 0. The Morgan fingerprint density at radius 3 is 1.27 bits per heavy atom. The van der Waals surface area contributed by atoms with Gasteiger partial charge in [0.1, 0.15) is 0 Å². The maximum absolute atomic E-state index is 9.05. The third kappa shape index (κ3) is 4.82. The summed E-state index contributed by atoms with van der Waals surface area (Å²) in [6.45, 7) is 4.66. The maximum Gasteiger partial charge on any atom is 0.0725 e. The molecule has 2 nitrogen and oxygen atoms in total. The summed E-state index contributed by atoms with van der Waals surface area (Å²) in [5, 5.41) is 0. The molecule has 3 aliphatic rings. The molecule has 0 amide bonds. The zero-order chi connectivity index (χ0) is 44.4. The fourth-order valence-electron chi connectivity index (χ4n) is 10.6. The van der Waals surface area contributed by atoms with E-state index in [1.807, 2.05) is 36.4 Å². The molecule has 0 N–H and O–H groups in total. The summed E-state index contributed by atoms with van der Waals surface area (Å²) in [7, 11) is 0. The second-order valence-corrected chi connectivity index (χ2v) is 16.5. The van der Waals surface area contributed by atoms with E-state index in [-0.39, 0.29) is 35.3 Å². The van der Waals surface area contributed by atoms with Crippen molar-refractivity contribution in [3.63, 3.8) is 0 Å². The van der Waals surface area contributed by atoms with Crippen molar-refractivity contribution in [2.24, 2.45) is 0 Å². The van der Waals surface area contributed by atoms with Crippen molar-refractivity contribution in [1.29, 1.82) is 0 Å². The van der Waals surface area contributed by atoms with Gasteiger partial charge in [0.05, 0.1) is 12.3 Å². The molecule has 0 saturated carbocycles. The summed E-state index contributed by atoms with van der Waals surface area (Å²) in [4.78, 5) is 4.18. The van der Waals surface area contributed by atoms with Crippen molar-refractivity contribution in [1.82, 2.24) is 0 Å². The molecular formula is C58H42N2. The molecule has 0 saturated heterocycles. The van der Waals surface area contributed by atoms with Crippen molar-refractivity contribution >= 4 is 34.1 Å². The standard InChI is InChI=1S/C58H42N2/c1-57(2)51-27-15-12-24-45(51)48-33-30-44(38-56(48)57)60(41-22-10-5-11-23-41)43-32-35-55-50(37-43)47-26-14-17-29-53(47)58(55)52-28-16-13-25-46(52)49-36-42(31-34-54(49)58)59(39-18-6-3-7-19-39)40-20-8-4-9-21-40/h3-38H,1-2H3/i3D,6D,7D,18D,19D. The van der Waals surface area contributed by atoms with Crippen LogP contribution in [0.2, 0.25) is 0 Å². The molecule has 9 aromatic rings. The normalized spacial score (nSPS) is 16.9. The monoisotopic (exact) mass is 771 g/mol. The second kappa shape index (κ2) is 13.0. The minimum Gasteiger partial charge on any atom is -0.310 e. The zero-order valence-corrected chi connectivity index (χ0v) is 33.3. The van der Waals surface area contributed by atoms with Crippen LogP contribution in [0.5, 0.6) is 0 Å². The fourth-order valence-corrected chi connectivity index (χ4v) is 10.6. The number of rotatable bonds is 6. The topological polar surface area (TPSA) is 6.48 Å². The minimum absolute atomic E-state index is 0.103. The Kier molecular flexibility index (Phi) is 6.47. The summed E-state index contributed by atoms with van der Waals surface area (Å²) < 4.78 is 43.6. The predicted molar refractivity (Wildman–Crippen MR) is 250 cm³/mol. The molecule has 0 aliphatic heterocycles. The van der Waals surface area contributed by atoms with Crippen LogP contribution in [0.4, 0.5) is 34.1 Å². The van der Waals surface area contributed by atoms with Gasteiger partial charge in [-0.25, -0.2) is 0 Å². The van der Waals surface area contributed by atoms with Crippen LogP contribution in [0.3, 0.4) is 0 Å². The quantitative estimate of drug-likeness (QED) is 0.166. The number of para-hydroxylation sites is 3. The average Bonchev–Trinajstić information content (AvgIpc) is 3.90. The van der Waals surface area contributed by atoms with Crippen LogP contribution in [-0.2, 0) is 10.8 Å². The van der Waals surface area contributed by atoms with Crippen molar-refractivity contribution in [3.8, 4) is 33.4 Å². The molecule has 284 valence electrons. The smallest absolute Gasteiger partial charge is 0.0725 e. The van der Waals surface area contributed by atoms with E-state index < -0.39 is 11.5 Å². The molecule has 12 rings (SSSR count). The summed E-state index contributed by atoms with van der Waals surface area (Å²) in [5.41, 5.74) is 18.4. The lowest BCUT2D eigenvalue weighted by Crippen LogP contribution is -2.26. The first-order valence-corrected chi connectivity index (χ1v) is 20.6. The molecule has 0 heterocycles. The number of nitrogens with zero attached hydrogens (tertiary/aromatic N) is 2. The van der Waals surface area contributed by atoms with Crippen LogP contribution in [0.1, 0.15) is 54.1 Å². The van der Waals surface area contributed by atoms with Gasteiger partial charge in [-0.05, 0) is 140 Å². The van der Waals surface area contributed by atoms with Gasteiger partial charge < -0.3 is 9.80 Å². The van der Waals surface area contributed by atoms with Gasteiger partial charge in [0.2, 0.25) is 0 Å². The van der Waals surface area contributed by atoms with E-state index in [2.05, 4.69) is 170 Å². The third-order valence-electron chi connectivity index (χ3n) is 13.1. The number of benzene rings is 9. The van der Waals surface area contributed by atoms with Crippen molar-refractivity contribution in [2.75, 3.05) is 9.80 Å². The molecular weight excluding hydrogens is 725 g/mol. The van der Waals surface area contributed by atoms with Crippen molar-refractivity contribution in [2.45, 2.75) is 24.7 Å². The van der Waals surface area contributed by atoms with Gasteiger partial charge in [0, 0.05) is 39.5 Å². The Morgan fingerprint density at radius 2 is 0.717 bits per heavy atom. The Hall–Kier alpha value is -7.42. The molecule has 0 bridgehead atoms. The highest BCUT2D eigenvalue weighted by Gasteiger charge is 2.52. The molecule has 0 aromatic heterocycles. The summed E-state index contributed by atoms with van der Waals surface area (Å²) >= 11 is 0. The highest BCUT2D eigenvalue weighted by Crippen LogP contribution is 2.64. The SMILES string of the molecule is [2H]c1c([2H])c([2H])c(N(c2ccccc2)c2ccc3c(c2)-c2ccccc2C32c3ccccc3-c3cc(N(c4ccccc4)c4ccc5c(c4)C(C)(C)c4ccccc4-5)ccc32)c([2H])c1[2H]. The average molecular weight is 772 g/mol. The van der Waals surface area contributed by atoms with Crippen LogP contribution >= 0.6 is 0 Å². The second-order valence-electron chi connectivity index (χ2n) is 16.5. The van der Waals surface area contributed by atoms with E-state index in [4.69, 9.17) is 6.85 Å². The number of hydrogen-bond acceptors (Lipinski definition) is 2. The van der Waals surface area contributed by atoms with Crippen LogP contribution in [-0.4, -0.2) is 0 Å². The van der Waals surface area contributed by atoms with Gasteiger partial charge in [-0.15, -0.1) is 0 Å². The Morgan fingerprint density at radius 1 is 0.317 bits per heavy atom. The van der Waals surface area contributed by atoms with E-state index in [0.29, 0.717) is 11.4 Å². The highest BCUT2D eigenvalue weighted by molar-refractivity contribution is 5.98. The first kappa shape index (κ1) is 29.7. The third-order valence-corrected chi connectivity index (χ3v) is 13.1. The van der Waals surface area contributed by atoms with Crippen molar-refractivity contribution < 1.29 is 6.85 Å². The van der Waals surface area contributed by atoms with Crippen molar-refractivity contribution in [3.05, 3.63) is 252 Å². The highest BCUT2D eigenvalue weighted by atomic mass is 15.1. The summed E-state index contributed by atoms with van der Waals surface area (Å²) in [6, 6.07) is 65.0. The number of fused-ring (bicyclic) bond motifs is 13. The first-order valence-electron chi connectivity index (χ1n) is 23.1. The number of hydrogen-bond donors (Lipinski definition) is 0. The molecule has 3 aliphatic carbocycles. The van der Waals surface area contributed by atoms with Crippen LogP contribution in [0.25, 0.3) is 33.4 Å². The lowest BCUT2D eigenvalue weighted by molar-refractivity contribution is 0.660. The Bertz CT molecular complexity index is 3410. The van der Waals surface area contributed by atoms with E-state index in [0.717, 1.165) is 33.8 Å². The van der Waals surface area contributed by atoms with Crippen LogP contribution in [0, 0.1) is 0 Å². The number of anilines is 6. The minimum atomic E-state index is -0.635. The van der Waals surface area contributed by atoms with Gasteiger partial charge in [0.15, 0.2) is 0 Å².